The number of carbonyl (C=O) groups excluding carboxylic acids is 1. The molecular weight excluding hydrogens is 374 g/mol. The Morgan fingerprint density at radius 2 is 2.00 bits per heavy atom. The van der Waals surface area contributed by atoms with Gasteiger partial charge >= 0.3 is 0 Å². The molecule has 0 saturated carbocycles. The lowest BCUT2D eigenvalue weighted by Crippen LogP contribution is -2.22. The van der Waals surface area contributed by atoms with E-state index in [9.17, 15) is 4.79 Å². The van der Waals surface area contributed by atoms with Crippen LogP contribution in [0.3, 0.4) is 0 Å². The van der Waals surface area contributed by atoms with Crippen molar-refractivity contribution < 1.29 is 19.1 Å². The minimum atomic E-state index is -0.407. The number of carbonyl (C=O) groups is 1. The fourth-order valence-electron chi connectivity index (χ4n) is 2.96. The molecule has 1 atom stereocenters. The van der Waals surface area contributed by atoms with Crippen LogP contribution < -0.4 is 14.8 Å². The molecule has 1 aromatic heterocycles. The molecule has 0 radical (unpaired) electrons. The van der Waals surface area contributed by atoms with Crippen LogP contribution in [0.2, 0.25) is 0 Å². The zero-order valence-corrected chi connectivity index (χ0v) is 15.9. The number of methoxy groups -OCH3 is 2. The number of aromatic amines is 1. The van der Waals surface area contributed by atoms with E-state index in [4.69, 9.17) is 14.3 Å². The minimum absolute atomic E-state index is 0.133. The third-order valence-electron chi connectivity index (χ3n) is 4.48. The normalized spacial score (nSPS) is 15.4. The van der Waals surface area contributed by atoms with E-state index in [-0.39, 0.29) is 17.8 Å². The summed E-state index contributed by atoms with van der Waals surface area (Å²) < 4.78 is 10.6. The van der Waals surface area contributed by atoms with Gasteiger partial charge in [0.2, 0.25) is 5.95 Å². The van der Waals surface area contributed by atoms with Crippen LogP contribution in [-0.4, -0.2) is 41.0 Å². The van der Waals surface area contributed by atoms with Crippen LogP contribution in [0.25, 0.3) is 11.4 Å². The number of H-pyrrole nitrogens is 1. The van der Waals surface area contributed by atoms with Gasteiger partial charge in [0.25, 0.3) is 5.91 Å². The Morgan fingerprint density at radius 1 is 1.17 bits per heavy atom. The van der Waals surface area contributed by atoms with Crippen molar-refractivity contribution in [3.63, 3.8) is 0 Å². The van der Waals surface area contributed by atoms with E-state index in [1.807, 2.05) is 30.3 Å². The van der Waals surface area contributed by atoms with E-state index in [1.54, 1.807) is 32.4 Å². The number of hydrogen-bond donors (Lipinski definition) is 2. The van der Waals surface area contributed by atoms with Gasteiger partial charge in [-0.3, -0.25) is 15.2 Å². The third-order valence-corrected chi connectivity index (χ3v) is 4.48. The molecule has 3 aromatic rings. The first kappa shape index (κ1) is 18.5. The van der Waals surface area contributed by atoms with Gasteiger partial charge < -0.3 is 14.3 Å². The predicted molar refractivity (Wildman–Crippen MR) is 106 cm³/mol. The van der Waals surface area contributed by atoms with E-state index in [1.165, 1.54) is 0 Å². The molecule has 2 N–H and O–H groups in total. The molecule has 2 heterocycles. The summed E-state index contributed by atoms with van der Waals surface area (Å²) in [6.45, 7) is 0. The van der Waals surface area contributed by atoms with Crippen molar-refractivity contribution in [2.75, 3.05) is 19.5 Å². The van der Waals surface area contributed by atoms with Gasteiger partial charge in [0.1, 0.15) is 17.2 Å². The first-order valence-corrected chi connectivity index (χ1v) is 8.91. The maximum absolute atomic E-state index is 12.5. The van der Waals surface area contributed by atoms with Crippen molar-refractivity contribution >= 4 is 17.6 Å². The van der Waals surface area contributed by atoms with Crippen LogP contribution >= 0.6 is 0 Å². The van der Waals surface area contributed by atoms with Crippen molar-refractivity contribution in [1.82, 2.24) is 15.2 Å². The number of anilines is 1. The standard InChI is InChI=1S/C20H19N5O4/c1-27-13-8-9-14(17(10-13)28-2)18-21-20(24-23-18)22-19(26)15-11-16(29-25-15)12-6-4-3-5-7-12/h3-10,16H,11H2,1-2H3,(H2,21,22,23,24,26). The highest BCUT2D eigenvalue weighted by molar-refractivity contribution is 6.43. The molecule has 9 nitrogen and oxygen atoms in total. The molecule has 1 amide bonds. The second-order valence-corrected chi connectivity index (χ2v) is 6.27. The number of benzene rings is 2. The molecule has 1 aliphatic heterocycles. The van der Waals surface area contributed by atoms with Gasteiger partial charge in [-0.05, 0) is 17.7 Å². The number of oxime groups is 1. The summed E-state index contributed by atoms with van der Waals surface area (Å²) in [5.74, 6) is 1.40. The number of rotatable bonds is 6. The Kier molecular flexibility index (Phi) is 5.10. The molecule has 2 aromatic carbocycles. The lowest BCUT2D eigenvalue weighted by Gasteiger charge is -2.07. The van der Waals surface area contributed by atoms with Gasteiger partial charge in [-0.15, -0.1) is 5.10 Å². The zero-order valence-electron chi connectivity index (χ0n) is 15.9. The van der Waals surface area contributed by atoms with Crippen molar-refractivity contribution in [3.8, 4) is 22.9 Å². The van der Waals surface area contributed by atoms with Gasteiger partial charge in [-0.2, -0.15) is 4.98 Å². The number of nitrogens with one attached hydrogen (secondary N) is 2. The molecule has 0 aliphatic carbocycles. The van der Waals surface area contributed by atoms with E-state index in [2.05, 4.69) is 25.7 Å². The van der Waals surface area contributed by atoms with Gasteiger partial charge in [-0.25, -0.2) is 0 Å². The monoisotopic (exact) mass is 393 g/mol. The van der Waals surface area contributed by atoms with E-state index >= 15 is 0 Å². The average molecular weight is 393 g/mol. The number of ether oxygens (including phenoxy) is 2. The van der Waals surface area contributed by atoms with E-state index in [0.717, 1.165) is 5.56 Å². The summed E-state index contributed by atoms with van der Waals surface area (Å²) in [5, 5.41) is 13.4. The van der Waals surface area contributed by atoms with Crippen LogP contribution in [0.4, 0.5) is 5.95 Å². The van der Waals surface area contributed by atoms with Gasteiger partial charge in [0.15, 0.2) is 11.9 Å². The van der Waals surface area contributed by atoms with E-state index in [0.29, 0.717) is 29.3 Å². The summed E-state index contributed by atoms with van der Waals surface area (Å²) in [4.78, 5) is 22.2. The summed E-state index contributed by atoms with van der Waals surface area (Å²) in [6.07, 6.45) is 0.0996. The minimum Gasteiger partial charge on any atom is -0.497 e. The second kappa shape index (κ2) is 8.01. The highest BCUT2D eigenvalue weighted by atomic mass is 16.6. The molecule has 1 unspecified atom stereocenters. The number of aromatic nitrogens is 3. The van der Waals surface area contributed by atoms with Crippen LogP contribution in [0.5, 0.6) is 11.5 Å². The topological polar surface area (TPSA) is 111 Å². The quantitative estimate of drug-likeness (QED) is 0.666. The fraction of sp³-hybridized carbons (Fsp3) is 0.200. The van der Waals surface area contributed by atoms with Gasteiger partial charge in [0, 0.05) is 12.5 Å². The molecule has 0 spiro atoms. The SMILES string of the molecule is COc1ccc(-c2nc(NC(=O)C3=NOC(c4ccccc4)C3)n[nH]2)c(OC)c1. The van der Waals surface area contributed by atoms with E-state index < -0.39 is 5.91 Å². The third kappa shape index (κ3) is 3.88. The fourth-order valence-corrected chi connectivity index (χ4v) is 2.96. The molecule has 4 rings (SSSR count). The lowest BCUT2D eigenvalue weighted by molar-refractivity contribution is -0.110. The van der Waals surface area contributed by atoms with Crippen LogP contribution in [0.1, 0.15) is 18.1 Å². The number of hydrogen-bond acceptors (Lipinski definition) is 7. The van der Waals surface area contributed by atoms with Crippen molar-refractivity contribution in [1.29, 1.82) is 0 Å². The second-order valence-electron chi connectivity index (χ2n) is 6.27. The Morgan fingerprint density at radius 3 is 2.76 bits per heavy atom. The average Bonchev–Trinajstić information content (AvgIpc) is 3.44. The lowest BCUT2D eigenvalue weighted by atomic mass is 10.0. The molecule has 1 aliphatic rings. The Balaban J connectivity index is 1.44. The number of nitrogens with zero attached hydrogens (tertiary/aromatic N) is 3. The largest absolute Gasteiger partial charge is 0.497 e. The van der Waals surface area contributed by atoms with Crippen molar-refractivity contribution in [2.45, 2.75) is 12.5 Å². The molecule has 148 valence electrons. The molecular formula is C20H19N5O4. The summed E-state index contributed by atoms with van der Waals surface area (Å²) in [5.41, 5.74) is 1.94. The Hall–Kier alpha value is -3.88. The van der Waals surface area contributed by atoms with Gasteiger partial charge in [-0.1, -0.05) is 35.5 Å². The molecule has 0 bridgehead atoms. The maximum Gasteiger partial charge on any atom is 0.276 e. The highest BCUT2D eigenvalue weighted by Gasteiger charge is 2.28. The maximum atomic E-state index is 12.5. The Bertz CT molecular complexity index is 1050. The summed E-state index contributed by atoms with van der Waals surface area (Å²) in [7, 11) is 3.13. The molecule has 0 fully saturated rings. The summed E-state index contributed by atoms with van der Waals surface area (Å²) >= 11 is 0. The smallest absolute Gasteiger partial charge is 0.276 e. The van der Waals surface area contributed by atoms with Crippen LogP contribution in [0.15, 0.2) is 53.7 Å². The zero-order chi connectivity index (χ0) is 20.2. The summed E-state index contributed by atoms with van der Waals surface area (Å²) in [6, 6.07) is 14.9. The van der Waals surface area contributed by atoms with Crippen LogP contribution in [-0.2, 0) is 9.63 Å². The first-order valence-electron chi connectivity index (χ1n) is 8.91. The number of amides is 1. The highest BCUT2D eigenvalue weighted by Crippen LogP contribution is 2.32. The Labute approximate surface area is 166 Å². The molecule has 9 heteroatoms. The van der Waals surface area contributed by atoms with Crippen LogP contribution in [0, 0.1) is 0 Å². The molecule has 0 saturated heterocycles. The first-order chi connectivity index (χ1) is 14.2. The van der Waals surface area contributed by atoms with Gasteiger partial charge in [0.05, 0.1) is 19.8 Å². The van der Waals surface area contributed by atoms with Crippen molar-refractivity contribution in [3.05, 3.63) is 54.1 Å². The molecule has 29 heavy (non-hydrogen) atoms. The van der Waals surface area contributed by atoms with Crippen molar-refractivity contribution in [2.24, 2.45) is 5.16 Å². The predicted octanol–water partition coefficient (Wildman–Crippen LogP) is 2.95.